The van der Waals surface area contributed by atoms with Crippen molar-refractivity contribution in [3.63, 3.8) is 0 Å². The molecule has 4 atom stereocenters. The molecule has 1 saturated carbocycles. The van der Waals surface area contributed by atoms with Gasteiger partial charge >= 0.3 is 0 Å². The van der Waals surface area contributed by atoms with Crippen LogP contribution >= 0.6 is 0 Å². The van der Waals surface area contributed by atoms with E-state index >= 15 is 0 Å². The predicted octanol–water partition coefficient (Wildman–Crippen LogP) is 9.27. The van der Waals surface area contributed by atoms with E-state index in [0.717, 1.165) is 12.8 Å². The van der Waals surface area contributed by atoms with Crippen LogP contribution in [-0.4, -0.2) is 25.6 Å². The van der Waals surface area contributed by atoms with Gasteiger partial charge < -0.3 is 9.53 Å². The van der Waals surface area contributed by atoms with Crippen molar-refractivity contribution >= 4 is 8.32 Å². The molecule has 0 aromatic heterocycles. The lowest BCUT2D eigenvalue weighted by Gasteiger charge is -2.40. The van der Waals surface area contributed by atoms with Gasteiger partial charge in [0.25, 0.3) is 0 Å². The van der Waals surface area contributed by atoms with Gasteiger partial charge in [-0.1, -0.05) is 118 Å². The molecule has 1 aliphatic rings. The van der Waals surface area contributed by atoms with Gasteiger partial charge in [0, 0.05) is 5.92 Å². The minimum atomic E-state index is -1.80. The Bertz CT molecular complexity index is 443. The lowest BCUT2D eigenvalue weighted by atomic mass is 9.91. The van der Waals surface area contributed by atoms with Crippen LogP contribution in [0.1, 0.15) is 137 Å². The van der Waals surface area contributed by atoms with Crippen molar-refractivity contribution < 1.29 is 9.53 Å². The number of aliphatic hydroxyl groups excluding tert-OH is 1. The molecule has 1 fully saturated rings. The van der Waals surface area contributed by atoms with E-state index in [2.05, 4.69) is 47.7 Å². The average Bonchev–Trinajstić information content (AvgIpc) is 2.97. The molecule has 3 heteroatoms. The van der Waals surface area contributed by atoms with Gasteiger partial charge in [-0.05, 0) is 43.3 Å². The summed E-state index contributed by atoms with van der Waals surface area (Å²) in [4.78, 5) is 0. The Labute approximate surface area is 197 Å². The van der Waals surface area contributed by atoms with Crippen molar-refractivity contribution in [2.75, 3.05) is 0 Å². The molecule has 1 N–H and O–H groups in total. The maximum absolute atomic E-state index is 11.2. The van der Waals surface area contributed by atoms with Crippen molar-refractivity contribution in [3.05, 3.63) is 0 Å². The van der Waals surface area contributed by atoms with Gasteiger partial charge in [0.05, 0.1) is 12.2 Å². The van der Waals surface area contributed by atoms with E-state index in [9.17, 15) is 5.11 Å². The highest BCUT2D eigenvalue weighted by Crippen LogP contribution is 2.45. The predicted molar refractivity (Wildman–Crippen MR) is 140 cm³/mol. The smallest absolute Gasteiger partial charge is 0.192 e. The summed E-state index contributed by atoms with van der Waals surface area (Å²) in [6.07, 6.45) is 21.1. The topological polar surface area (TPSA) is 29.5 Å². The summed E-state index contributed by atoms with van der Waals surface area (Å²) in [5.41, 5.74) is 0. The summed E-state index contributed by atoms with van der Waals surface area (Å²) in [6, 6.07) is 0. The Morgan fingerprint density at radius 2 is 1.19 bits per heavy atom. The molecule has 0 amide bonds. The summed E-state index contributed by atoms with van der Waals surface area (Å²) in [5, 5.41) is 11.5. The fraction of sp³-hybridized carbons (Fsp3) is 1.00. The van der Waals surface area contributed by atoms with Crippen molar-refractivity contribution in [2.24, 2.45) is 11.8 Å². The van der Waals surface area contributed by atoms with Gasteiger partial charge in [-0.3, -0.25) is 0 Å². The molecule has 0 spiro atoms. The van der Waals surface area contributed by atoms with Gasteiger partial charge in [-0.2, -0.15) is 0 Å². The fourth-order valence-electron chi connectivity index (χ4n) is 5.04. The zero-order valence-corrected chi connectivity index (χ0v) is 23.5. The van der Waals surface area contributed by atoms with Crippen LogP contribution < -0.4 is 0 Å². The molecule has 31 heavy (non-hydrogen) atoms. The van der Waals surface area contributed by atoms with Crippen molar-refractivity contribution in [1.82, 2.24) is 0 Å². The summed E-state index contributed by atoms with van der Waals surface area (Å²) in [5.74, 6) is 0.810. The third kappa shape index (κ3) is 10.7. The van der Waals surface area contributed by atoms with Gasteiger partial charge in [-0.25, -0.2) is 0 Å². The monoisotopic (exact) mass is 454 g/mol. The standard InChI is InChI=1S/C28H58O2Si/c1-8-10-12-14-15-16-17-18-19-21-24-23-26(30-31(6,7)28(3,4)5)25(27(24)29)22-20-13-11-9-2/h24-27,29H,8-23H2,1-7H3/t24-,25-,26-,27+/m0/s1. The summed E-state index contributed by atoms with van der Waals surface area (Å²) in [7, 11) is -1.80. The lowest BCUT2D eigenvalue weighted by molar-refractivity contribution is 0.0496. The summed E-state index contributed by atoms with van der Waals surface area (Å²) >= 11 is 0. The molecule has 2 nitrogen and oxygen atoms in total. The number of unbranched alkanes of at least 4 members (excludes halogenated alkanes) is 11. The SMILES string of the molecule is CCCCCCCCCCC[C@H]1C[C@H](O[Si](C)(C)C(C)(C)C)[C@H](CCCCCC)[C@@H]1O. The number of rotatable bonds is 17. The minimum absolute atomic E-state index is 0.148. The molecule has 0 bridgehead atoms. The first kappa shape index (κ1) is 29.2. The second kappa shape index (κ2) is 15.1. The molecule has 0 radical (unpaired) electrons. The van der Waals surface area contributed by atoms with E-state index in [1.165, 1.54) is 89.9 Å². The summed E-state index contributed by atoms with van der Waals surface area (Å²) < 4.78 is 6.90. The molecule has 0 saturated heterocycles. The minimum Gasteiger partial charge on any atom is -0.414 e. The highest BCUT2D eigenvalue weighted by molar-refractivity contribution is 6.74. The number of aliphatic hydroxyl groups is 1. The highest BCUT2D eigenvalue weighted by atomic mass is 28.4. The maximum atomic E-state index is 11.2. The average molecular weight is 455 g/mol. The Balaban J connectivity index is 2.50. The van der Waals surface area contributed by atoms with E-state index in [0.29, 0.717) is 11.8 Å². The molecule has 1 aliphatic carbocycles. The maximum Gasteiger partial charge on any atom is 0.192 e. The first-order chi connectivity index (χ1) is 14.6. The zero-order chi connectivity index (χ0) is 23.3. The van der Waals surface area contributed by atoms with Crippen LogP contribution in [0.3, 0.4) is 0 Å². The molecule has 0 aliphatic heterocycles. The largest absolute Gasteiger partial charge is 0.414 e. The lowest BCUT2D eigenvalue weighted by Crippen LogP contribution is -2.45. The molecule has 0 heterocycles. The van der Waals surface area contributed by atoms with Crippen LogP contribution in [0, 0.1) is 11.8 Å². The quantitative estimate of drug-likeness (QED) is 0.175. The number of hydrogen-bond acceptors (Lipinski definition) is 2. The van der Waals surface area contributed by atoms with Crippen LogP contribution in [0.4, 0.5) is 0 Å². The zero-order valence-electron chi connectivity index (χ0n) is 22.5. The molecule has 0 aromatic rings. The molecular weight excluding hydrogens is 396 g/mol. The first-order valence-corrected chi connectivity index (χ1v) is 16.9. The van der Waals surface area contributed by atoms with E-state index in [-0.39, 0.29) is 17.2 Å². The van der Waals surface area contributed by atoms with Gasteiger partial charge in [-0.15, -0.1) is 0 Å². The van der Waals surface area contributed by atoms with Crippen LogP contribution in [-0.2, 0) is 4.43 Å². The Morgan fingerprint density at radius 1 is 0.742 bits per heavy atom. The third-order valence-electron chi connectivity index (χ3n) is 8.26. The molecule has 186 valence electrons. The summed E-state index contributed by atoms with van der Waals surface area (Å²) in [6.45, 7) is 16.3. The van der Waals surface area contributed by atoms with Crippen LogP contribution in [0.5, 0.6) is 0 Å². The number of hydrogen-bond donors (Lipinski definition) is 1. The Morgan fingerprint density at radius 3 is 1.71 bits per heavy atom. The van der Waals surface area contributed by atoms with Crippen molar-refractivity contribution in [3.8, 4) is 0 Å². The second-order valence-corrected chi connectivity index (χ2v) is 16.8. The Kier molecular flexibility index (Phi) is 14.2. The normalized spacial score (nSPS) is 24.8. The molecule has 0 unspecified atom stereocenters. The highest BCUT2D eigenvalue weighted by Gasteiger charge is 2.47. The van der Waals surface area contributed by atoms with E-state index in [1.54, 1.807) is 0 Å². The molecule has 1 rings (SSSR count). The van der Waals surface area contributed by atoms with E-state index in [1.807, 2.05) is 0 Å². The van der Waals surface area contributed by atoms with Gasteiger partial charge in [0.1, 0.15) is 0 Å². The van der Waals surface area contributed by atoms with Crippen LogP contribution in [0.15, 0.2) is 0 Å². The Hall–Kier alpha value is 0.137. The van der Waals surface area contributed by atoms with Crippen LogP contribution in [0.25, 0.3) is 0 Å². The van der Waals surface area contributed by atoms with Gasteiger partial charge in [0.2, 0.25) is 0 Å². The van der Waals surface area contributed by atoms with E-state index < -0.39 is 8.32 Å². The van der Waals surface area contributed by atoms with Gasteiger partial charge in [0.15, 0.2) is 8.32 Å². The van der Waals surface area contributed by atoms with E-state index in [4.69, 9.17) is 4.43 Å². The molecule has 0 aromatic carbocycles. The van der Waals surface area contributed by atoms with Crippen LogP contribution in [0.2, 0.25) is 18.1 Å². The first-order valence-electron chi connectivity index (χ1n) is 14.0. The van der Waals surface area contributed by atoms with Crippen molar-refractivity contribution in [2.45, 2.75) is 168 Å². The second-order valence-electron chi connectivity index (χ2n) is 12.0. The van der Waals surface area contributed by atoms with Crippen molar-refractivity contribution in [1.29, 1.82) is 0 Å². The molecular formula is C28H58O2Si. The fourth-order valence-corrected chi connectivity index (χ4v) is 6.42. The third-order valence-corrected chi connectivity index (χ3v) is 12.8.